The summed E-state index contributed by atoms with van der Waals surface area (Å²) in [6.07, 6.45) is 0.999. The molecule has 0 radical (unpaired) electrons. The van der Waals surface area contributed by atoms with Crippen molar-refractivity contribution in [1.82, 2.24) is 0 Å². The Morgan fingerprint density at radius 3 is 2.21 bits per heavy atom. The molecular weight excluding hydrogens is 589 g/mol. The number of carbonyl (C=O) groups excluding carboxylic acids is 1. The summed E-state index contributed by atoms with van der Waals surface area (Å²) < 4.78 is 53.7. The van der Waals surface area contributed by atoms with Crippen LogP contribution < -0.4 is 14.3 Å². The fraction of sp³-hybridized carbons (Fsp3) is 0.0952. The molecule has 0 bridgehead atoms. The zero-order chi connectivity index (χ0) is 25.1. The van der Waals surface area contributed by atoms with E-state index in [0.717, 1.165) is 10.6 Å². The predicted octanol–water partition coefficient (Wildman–Crippen LogP) is 4.96. The minimum absolute atomic E-state index is 0.0668. The largest absolute Gasteiger partial charge is 0.325 e. The van der Waals surface area contributed by atoms with E-state index >= 15 is 0 Å². The SMILES string of the molecule is CS(=O)(=O)N(CC(=O)Nc1ccc(S(=O)(=O)Nc2cccc(Cl)c2Cl)cc1)c1ccccc1Br. The Morgan fingerprint density at radius 2 is 1.59 bits per heavy atom. The van der Waals surface area contributed by atoms with Crippen LogP contribution in [0.5, 0.6) is 0 Å². The Labute approximate surface area is 216 Å². The first kappa shape index (κ1) is 26.3. The van der Waals surface area contributed by atoms with E-state index in [1.165, 1.54) is 36.4 Å². The molecule has 0 atom stereocenters. The van der Waals surface area contributed by atoms with E-state index < -0.39 is 32.5 Å². The second kappa shape index (κ2) is 10.5. The van der Waals surface area contributed by atoms with Crippen LogP contribution in [0, 0.1) is 0 Å². The van der Waals surface area contributed by atoms with Gasteiger partial charge in [-0.05, 0) is 64.5 Å². The van der Waals surface area contributed by atoms with E-state index in [-0.39, 0.29) is 26.3 Å². The van der Waals surface area contributed by atoms with Gasteiger partial charge >= 0.3 is 0 Å². The average molecular weight is 607 g/mol. The molecule has 0 heterocycles. The Kier molecular flexibility index (Phi) is 8.14. The number of amides is 1. The minimum Gasteiger partial charge on any atom is -0.325 e. The van der Waals surface area contributed by atoms with Gasteiger partial charge in [0.05, 0.1) is 32.6 Å². The van der Waals surface area contributed by atoms with Gasteiger partial charge in [0.15, 0.2) is 0 Å². The number of anilines is 3. The van der Waals surface area contributed by atoms with Gasteiger partial charge in [0.1, 0.15) is 6.54 Å². The number of sulfonamides is 2. The highest BCUT2D eigenvalue weighted by Gasteiger charge is 2.23. The number of halogens is 3. The number of carbonyl (C=O) groups is 1. The van der Waals surface area contributed by atoms with Crippen LogP contribution in [0.4, 0.5) is 17.1 Å². The van der Waals surface area contributed by atoms with Crippen molar-refractivity contribution in [2.45, 2.75) is 4.90 Å². The van der Waals surface area contributed by atoms with E-state index in [2.05, 4.69) is 26.0 Å². The molecule has 0 aromatic heterocycles. The van der Waals surface area contributed by atoms with Crippen molar-refractivity contribution in [2.24, 2.45) is 0 Å². The lowest BCUT2D eigenvalue weighted by atomic mass is 10.3. The van der Waals surface area contributed by atoms with Crippen molar-refractivity contribution in [1.29, 1.82) is 0 Å². The summed E-state index contributed by atoms with van der Waals surface area (Å²) in [7, 11) is -7.73. The van der Waals surface area contributed by atoms with Gasteiger partial charge in [-0.15, -0.1) is 0 Å². The zero-order valence-electron chi connectivity index (χ0n) is 17.5. The molecule has 2 N–H and O–H groups in total. The molecular formula is C21H18BrCl2N3O5S2. The summed E-state index contributed by atoms with van der Waals surface area (Å²) in [5.74, 6) is -0.611. The highest BCUT2D eigenvalue weighted by molar-refractivity contribution is 9.10. The molecule has 180 valence electrons. The molecule has 34 heavy (non-hydrogen) atoms. The maximum Gasteiger partial charge on any atom is 0.261 e. The lowest BCUT2D eigenvalue weighted by Gasteiger charge is -2.23. The second-order valence-electron chi connectivity index (χ2n) is 7.00. The molecule has 3 aromatic carbocycles. The Balaban J connectivity index is 1.74. The van der Waals surface area contributed by atoms with Crippen molar-refractivity contribution >= 4 is 82.1 Å². The average Bonchev–Trinajstić information content (AvgIpc) is 2.75. The number of nitrogens with zero attached hydrogens (tertiary/aromatic N) is 1. The van der Waals surface area contributed by atoms with Gasteiger partial charge in [-0.25, -0.2) is 16.8 Å². The van der Waals surface area contributed by atoms with Crippen LogP contribution in [0.25, 0.3) is 0 Å². The first-order chi connectivity index (χ1) is 15.9. The number of hydrogen-bond acceptors (Lipinski definition) is 5. The third-order valence-corrected chi connectivity index (χ3v) is 8.45. The standard InChI is InChI=1S/C21H18BrCl2N3O5S2/c1-33(29,30)27(19-8-3-2-5-16(19)22)13-20(28)25-14-9-11-15(12-10-14)34(31,32)26-18-7-4-6-17(23)21(18)24/h2-12,26H,13H2,1H3,(H,25,28). The van der Waals surface area contributed by atoms with Crippen LogP contribution in [-0.2, 0) is 24.8 Å². The quantitative estimate of drug-likeness (QED) is 0.376. The maximum atomic E-state index is 12.7. The Morgan fingerprint density at radius 1 is 0.941 bits per heavy atom. The molecule has 0 unspecified atom stereocenters. The Bertz CT molecular complexity index is 1430. The van der Waals surface area contributed by atoms with Crippen LogP contribution >= 0.6 is 39.1 Å². The zero-order valence-corrected chi connectivity index (χ0v) is 22.2. The molecule has 0 aliphatic carbocycles. The fourth-order valence-corrected chi connectivity index (χ4v) is 5.83. The monoisotopic (exact) mass is 605 g/mol. The molecule has 0 saturated carbocycles. The summed E-state index contributed by atoms with van der Waals surface area (Å²) in [4.78, 5) is 12.5. The molecule has 8 nitrogen and oxygen atoms in total. The molecule has 3 rings (SSSR count). The van der Waals surface area contributed by atoms with Gasteiger partial charge < -0.3 is 5.32 Å². The van der Waals surface area contributed by atoms with Crippen LogP contribution in [0.1, 0.15) is 0 Å². The van der Waals surface area contributed by atoms with Crippen molar-refractivity contribution in [3.63, 3.8) is 0 Å². The van der Waals surface area contributed by atoms with E-state index in [1.54, 1.807) is 30.3 Å². The molecule has 0 fully saturated rings. The van der Waals surface area contributed by atoms with Crippen LogP contribution in [-0.4, -0.2) is 35.5 Å². The molecule has 0 aliphatic rings. The first-order valence-corrected chi connectivity index (χ1v) is 14.4. The summed E-state index contributed by atoms with van der Waals surface area (Å²) in [5.41, 5.74) is 0.720. The number of hydrogen-bond donors (Lipinski definition) is 2. The normalized spacial score (nSPS) is 11.6. The molecule has 0 aliphatic heterocycles. The maximum absolute atomic E-state index is 12.7. The third-order valence-electron chi connectivity index (χ3n) is 4.45. The van der Waals surface area contributed by atoms with E-state index in [9.17, 15) is 21.6 Å². The molecule has 0 spiro atoms. The fourth-order valence-electron chi connectivity index (χ4n) is 2.87. The van der Waals surface area contributed by atoms with Crippen molar-refractivity contribution in [3.8, 4) is 0 Å². The summed E-state index contributed by atoms with van der Waals surface area (Å²) in [6, 6.07) is 16.5. The Hall–Kier alpha value is -2.31. The van der Waals surface area contributed by atoms with Crippen LogP contribution in [0.15, 0.2) is 76.1 Å². The highest BCUT2D eigenvalue weighted by atomic mass is 79.9. The summed E-state index contributed by atoms with van der Waals surface area (Å²) in [5, 5.41) is 2.83. The van der Waals surface area contributed by atoms with Crippen LogP contribution in [0.3, 0.4) is 0 Å². The van der Waals surface area contributed by atoms with E-state index in [4.69, 9.17) is 23.2 Å². The molecule has 1 amide bonds. The lowest BCUT2D eigenvalue weighted by Crippen LogP contribution is -2.37. The van der Waals surface area contributed by atoms with Crippen molar-refractivity contribution in [3.05, 3.63) is 81.2 Å². The molecule has 3 aromatic rings. The van der Waals surface area contributed by atoms with Crippen LogP contribution in [0.2, 0.25) is 10.0 Å². The number of para-hydroxylation sites is 1. The number of benzene rings is 3. The van der Waals surface area contributed by atoms with Gasteiger partial charge in [-0.2, -0.15) is 0 Å². The summed E-state index contributed by atoms with van der Waals surface area (Å²) >= 11 is 15.2. The van der Waals surface area contributed by atoms with Gasteiger partial charge in [-0.3, -0.25) is 13.8 Å². The molecule has 0 saturated heterocycles. The lowest BCUT2D eigenvalue weighted by molar-refractivity contribution is -0.114. The minimum atomic E-state index is -3.98. The van der Waals surface area contributed by atoms with Crippen molar-refractivity contribution < 1.29 is 21.6 Å². The number of nitrogens with one attached hydrogen (secondary N) is 2. The van der Waals surface area contributed by atoms with Gasteiger partial charge in [0.2, 0.25) is 15.9 Å². The van der Waals surface area contributed by atoms with Crippen molar-refractivity contribution in [2.75, 3.05) is 27.1 Å². The van der Waals surface area contributed by atoms with E-state index in [1.807, 2.05) is 0 Å². The second-order valence-corrected chi connectivity index (χ2v) is 12.2. The van der Waals surface area contributed by atoms with Gasteiger partial charge in [0, 0.05) is 10.2 Å². The van der Waals surface area contributed by atoms with E-state index in [0.29, 0.717) is 10.2 Å². The summed E-state index contributed by atoms with van der Waals surface area (Å²) in [6.45, 7) is -0.476. The van der Waals surface area contributed by atoms with Gasteiger partial charge in [-0.1, -0.05) is 41.4 Å². The smallest absolute Gasteiger partial charge is 0.261 e. The third kappa shape index (κ3) is 6.42. The predicted molar refractivity (Wildman–Crippen MR) is 139 cm³/mol. The first-order valence-electron chi connectivity index (χ1n) is 9.47. The topological polar surface area (TPSA) is 113 Å². The van der Waals surface area contributed by atoms with Gasteiger partial charge in [0.25, 0.3) is 10.0 Å². The molecule has 13 heteroatoms. The highest BCUT2D eigenvalue weighted by Crippen LogP contribution is 2.31. The number of rotatable bonds is 8.